The zero-order valence-corrected chi connectivity index (χ0v) is 17.4. The molecule has 3 rings (SSSR count). The maximum absolute atomic E-state index is 13.5. The predicted molar refractivity (Wildman–Crippen MR) is 105 cm³/mol. The van der Waals surface area contributed by atoms with Crippen molar-refractivity contribution in [3.63, 3.8) is 0 Å². The van der Waals surface area contributed by atoms with Gasteiger partial charge in [0.15, 0.2) is 0 Å². The number of esters is 1. The lowest BCUT2D eigenvalue weighted by atomic mass is 10.1. The average molecular weight is 407 g/mol. The molecule has 1 unspecified atom stereocenters. The van der Waals surface area contributed by atoms with E-state index in [0.29, 0.717) is 17.8 Å². The van der Waals surface area contributed by atoms with Crippen LogP contribution in [0, 0.1) is 13.8 Å². The summed E-state index contributed by atoms with van der Waals surface area (Å²) in [7, 11) is -2.18. The minimum atomic E-state index is -3.78. The van der Waals surface area contributed by atoms with Crippen molar-refractivity contribution in [3.8, 4) is 5.75 Å². The van der Waals surface area contributed by atoms with Gasteiger partial charge >= 0.3 is 5.97 Å². The number of methoxy groups -OCH3 is 1. The smallest absolute Gasteiger partial charge is 0.355 e. The van der Waals surface area contributed by atoms with Crippen molar-refractivity contribution in [1.29, 1.82) is 0 Å². The number of aromatic nitrogens is 1. The maximum atomic E-state index is 13.5. The van der Waals surface area contributed by atoms with Crippen LogP contribution in [0.2, 0.25) is 0 Å². The number of carbonyl (C=O) groups excluding carboxylic acids is 1. The second-order valence-corrected chi connectivity index (χ2v) is 8.67. The molecule has 2 aromatic rings. The van der Waals surface area contributed by atoms with E-state index in [1.807, 2.05) is 24.3 Å². The molecule has 1 aromatic carbocycles. The Morgan fingerprint density at radius 2 is 1.93 bits per heavy atom. The normalized spacial score (nSPS) is 17.6. The molecule has 1 aliphatic heterocycles. The van der Waals surface area contributed by atoms with Gasteiger partial charge in [-0.3, -0.25) is 0 Å². The average Bonchev–Trinajstić information content (AvgIpc) is 3.27. The van der Waals surface area contributed by atoms with Gasteiger partial charge in [0.25, 0.3) is 0 Å². The molecule has 0 saturated carbocycles. The molecule has 0 radical (unpaired) electrons. The number of aryl methyl sites for hydroxylation is 1. The number of H-pyrrole nitrogens is 1. The Morgan fingerprint density at radius 1 is 1.25 bits per heavy atom. The molecule has 8 heteroatoms. The van der Waals surface area contributed by atoms with Crippen molar-refractivity contribution in [2.45, 2.75) is 44.6 Å². The van der Waals surface area contributed by atoms with Crippen molar-refractivity contribution in [1.82, 2.24) is 9.29 Å². The van der Waals surface area contributed by atoms with Crippen molar-refractivity contribution in [2.75, 3.05) is 20.3 Å². The summed E-state index contributed by atoms with van der Waals surface area (Å²) in [6.45, 7) is 5.69. The highest BCUT2D eigenvalue weighted by Gasteiger charge is 2.39. The molecule has 0 bridgehead atoms. The van der Waals surface area contributed by atoms with E-state index in [1.165, 1.54) is 4.31 Å². The highest BCUT2D eigenvalue weighted by atomic mass is 32.2. The molecule has 7 nitrogen and oxygen atoms in total. The molecule has 1 fully saturated rings. The minimum Gasteiger partial charge on any atom is -0.497 e. The van der Waals surface area contributed by atoms with Crippen molar-refractivity contribution < 1.29 is 22.7 Å². The quantitative estimate of drug-likeness (QED) is 0.743. The number of ether oxygens (including phenoxy) is 2. The van der Waals surface area contributed by atoms with Crippen LogP contribution in [-0.2, 0) is 14.8 Å². The van der Waals surface area contributed by atoms with E-state index in [-0.39, 0.29) is 23.2 Å². The van der Waals surface area contributed by atoms with Crippen LogP contribution in [-0.4, -0.2) is 43.9 Å². The minimum absolute atomic E-state index is 0.163. The summed E-state index contributed by atoms with van der Waals surface area (Å²) in [6.07, 6.45) is 1.53. The van der Waals surface area contributed by atoms with E-state index in [2.05, 4.69) is 4.98 Å². The predicted octanol–water partition coefficient (Wildman–Crippen LogP) is 3.34. The Hall–Kier alpha value is -2.32. The summed E-state index contributed by atoms with van der Waals surface area (Å²) < 4.78 is 38.8. The van der Waals surface area contributed by atoms with E-state index in [1.54, 1.807) is 27.9 Å². The fourth-order valence-electron chi connectivity index (χ4n) is 3.83. The number of carbonyl (C=O) groups is 1. The summed E-state index contributed by atoms with van der Waals surface area (Å²) in [5.41, 5.74) is 1.97. The Labute approximate surface area is 165 Å². The maximum Gasteiger partial charge on any atom is 0.355 e. The zero-order valence-electron chi connectivity index (χ0n) is 16.6. The van der Waals surface area contributed by atoms with E-state index in [4.69, 9.17) is 9.47 Å². The molecule has 152 valence electrons. The Balaban J connectivity index is 1.98. The Morgan fingerprint density at radius 3 is 2.54 bits per heavy atom. The van der Waals surface area contributed by atoms with Crippen LogP contribution in [0.3, 0.4) is 0 Å². The number of hydrogen-bond acceptors (Lipinski definition) is 5. The van der Waals surface area contributed by atoms with Crippen molar-refractivity contribution in [3.05, 3.63) is 46.8 Å². The Bertz CT molecular complexity index is 963. The third-order valence-corrected chi connectivity index (χ3v) is 7.30. The van der Waals surface area contributed by atoms with E-state index < -0.39 is 16.0 Å². The summed E-state index contributed by atoms with van der Waals surface area (Å²) in [6, 6.07) is 7.24. The molecule has 1 aromatic heterocycles. The lowest BCUT2D eigenvalue weighted by Crippen LogP contribution is -2.31. The van der Waals surface area contributed by atoms with Crippen LogP contribution < -0.4 is 4.74 Å². The molecule has 1 N–H and O–H groups in total. The molecule has 0 amide bonds. The molecular formula is C20H26N2O5S. The number of sulfonamides is 1. The summed E-state index contributed by atoms with van der Waals surface area (Å²) in [5, 5.41) is 0. The first-order valence-electron chi connectivity index (χ1n) is 9.33. The highest BCUT2D eigenvalue weighted by Crippen LogP contribution is 2.39. The standard InChI is InChI=1S/C20H26N2O5S/c1-5-27-20(23)18-13(2)19(14(3)21-18)28(24,25)22-12-6-7-17(22)15-8-10-16(26-4)11-9-15/h8-11,17,21H,5-7,12H2,1-4H3. The zero-order chi connectivity index (χ0) is 20.5. The van der Waals surface area contributed by atoms with Gasteiger partial charge in [0, 0.05) is 17.8 Å². The largest absolute Gasteiger partial charge is 0.497 e. The van der Waals surface area contributed by atoms with Crippen LogP contribution in [0.4, 0.5) is 0 Å². The number of benzene rings is 1. The number of nitrogens with zero attached hydrogens (tertiary/aromatic N) is 1. The van der Waals surface area contributed by atoms with Gasteiger partial charge in [-0.15, -0.1) is 0 Å². The molecular weight excluding hydrogens is 380 g/mol. The molecule has 0 aliphatic carbocycles. The molecule has 2 heterocycles. The molecule has 1 atom stereocenters. The molecule has 1 aliphatic rings. The van der Waals surface area contributed by atoms with Gasteiger partial charge in [0.05, 0.1) is 19.8 Å². The third kappa shape index (κ3) is 3.54. The fraction of sp³-hybridized carbons (Fsp3) is 0.450. The second kappa shape index (κ2) is 7.97. The van der Waals surface area contributed by atoms with Crippen molar-refractivity contribution in [2.24, 2.45) is 0 Å². The molecule has 0 spiro atoms. The van der Waals surface area contributed by atoms with Crippen LogP contribution >= 0.6 is 0 Å². The van der Waals surface area contributed by atoms with E-state index in [9.17, 15) is 13.2 Å². The molecule has 28 heavy (non-hydrogen) atoms. The first-order valence-corrected chi connectivity index (χ1v) is 10.8. The van der Waals surface area contributed by atoms with Gasteiger partial charge in [-0.1, -0.05) is 12.1 Å². The highest BCUT2D eigenvalue weighted by molar-refractivity contribution is 7.89. The van der Waals surface area contributed by atoms with Crippen LogP contribution in [0.25, 0.3) is 0 Å². The number of hydrogen-bond donors (Lipinski definition) is 1. The number of aromatic amines is 1. The van der Waals surface area contributed by atoms with E-state index >= 15 is 0 Å². The van der Waals surface area contributed by atoms with Crippen LogP contribution in [0.1, 0.15) is 53.1 Å². The first kappa shape index (κ1) is 20.4. The third-order valence-electron chi connectivity index (χ3n) is 5.12. The van der Waals surface area contributed by atoms with Crippen molar-refractivity contribution >= 4 is 16.0 Å². The monoisotopic (exact) mass is 406 g/mol. The topological polar surface area (TPSA) is 88.7 Å². The fourth-order valence-corrected chi connectivity index (χ4v) is 5.92. The van der Waals surface area contributed by atoms with Gasteiger partial charge in [0.1, 0.15) is 16.3 Å². The van der Waals surface area contributed by atoms with Crippen LogP contribution in [0.15, 0.2) is 29.2 Å². The SMILES string of the molecule is CCOC(=O)c1[nH]c(C)c(S(=O)(=O)N2CCCC2c2ccc(OC)cc2)c1C. The molecule has 1 saturated heterocycles. The summed E-state index contributed by atoms with van der Waals surface area (Å²) in [4.78, 5) is 15.2. The summed E-state index contributed by atoms with van der Waals surface area (Å²) >= 11 is 0. The lowest BCUT2D eigenvalue weighted by molar-refractivity contribution is 0.0519. The Kier molecular flexibility index (Phi) is 5.81. The van der Waals surface area contributed by atoms with Gasteiger partial charge in [-0.05, 0) is 51.3 Å². The second-order valence-electron chi connectivity index (χ2n) is 6.85. The van der Waals surface area contributed by atoms with Crippen LogP contribution in [0.5, 0.6) is 5.75 Å². The number of rotatable bonds is 6. The van der Waals surface area contributed by atoms with Gasteiger partial charge < -0.3 is 14.5 Å². The summed E-state index contributed by atoms with van der Waals surface area (Å²) in [5.74, 6) is 0.185. The van der Waals surface area contributed by atoms with Gasteiger partial charge in [-0.2, -0.15) is 4.31 Å². The number of nitrogens with one attached hydrogen (secondary N) is 1. The van der Waals surface area contributed by atoms with Gasteiger partial charge in [0.2, 0.25) is 10.0 Å². The first-order chi connectivity index (χ1) is 13.3. The lowest BCUT2D eigenvalue weighted by Gasteiger charge is -2.25. The van der Waals surface area contributed by atoms with Gasteiger partial charge in [-0.25, -0.2) is 13.2 Å². The van der Waals surface area contributed by atoms with E-state index in [0.717, 1.165) is 24.2 Å².